The van der Waals surface area contributed by atoms with E-state index in [-0.39, 0.29) is 23.0 Å². The Bertz CT molecular complexity index is 1440. The van der Waals surface area contributed by atoms with Gasteiger partial charge in [-0.25, -0.2) is 14.8 Å². The lowest BCUT2D eigenvalue weighted by molar-refractivity contribution is -0.384. The number of hydrogen-bond donors (Lipinski definition) is 0. The molecule has 1 spiro atoms. The molecule has 0 saturated heterocycles. The fourth-order valence-corrected chi connectivity index (χ4v) is 5.37. The van der Waals surface area contributed by atoms with Crippen LogP contribution in [0.25, 0.3) is 0 Å². The molecule has 9 nitrogen and oxygen atoms in total. The van der Waals surface area contributed by atoms with Gasteiger partial charge in [0.1, 0.15) is 5.69 Å². The van der Waals surface area contributed by atoms with Gasteiger partial charge < -0.3 is 4.74 Å². The Kier molecular flexibility index (Phi) is 6.81. The number of thioether (sulfide) groups is 1. The number of halogens is 1. The summed E-state index contributed by atoms with van der Waals surface area (Å²) in [5, 5.41) is 24.7. The van der Waals surface area contributed by atoms with E-state index in [9.17, 15) is 14.9 Å². The standard InChI is InChI=1S/C26H20BrN5O4S/c1-2-36-25(33)24-29-31(22-10-6-7-11-23(22)32(34)35)26(37-24)17-16-21(18-12-14-19(27)15-13-18)28-30(26)20-8-4-3-5-9-20/h3-17H,2H2,1H3/t26-/m1/s1. The van der Waals surface area contributed by atoms with Crippen LogP contribution in [0.5, 0.6) is 0 Å². The first-order valence-corrected chi connectivity index (χ1v) is 12.9. The zero-order valence-corrected chi connectivity index (χ0v) is 21.9. The number of hydrazone groups is 2. The Labute approximate surface area is 225 Å². The van der Waals surface area contributed by atoms with Crippen molar-refractivity contribution in [1.29, 1.82) is 0 Å². The highest BCUT2D eigenvalue weighted by molar-refractivity contribution is 9.10. The van der Waals surface area contributed by atoms with E-state index in [4.69, 9.17) is 9.84 Å². The predicted molar refractivity (Wildman–Crippen MR) is 149 cm³/mol. The molecule has 5 rings (SSSR count). The van der Waals surface area contributed by atoms with Crippen LogP contribution in [0.15, 0.2) is 106 Å². The molecule has 186 valence electrons. The molecule has 2 aliphatic heterocycles. The molecular formula is C26H20BrN5O4S. The van der Waals surface area contributed by atoms with Crippen LogP contribution in [0, 0.1) is 10.1 Å². The van der Waals surface area contributed by atoms with E-state index in [1.165, 1.54) is 11.1 Å². The van der Waals surface area contributed by atoms with Crippen LogP contribution in [0.1, 0.15) is 12.5 Å². The Hall–Kier alpha value is -3.96. The second-order valence-corrected chi connectivity index (χ2v) is 10.0. The van der Waals surface area contributed by atoms with Crippen LogP contribution in [0.3, 0.4) is 0 Å². The quantitative estimate of drug-likeness (QED) is 0.203. The number of carbonyl (C=O) groups is 1. The van der Waals surface area contributed by atoms with Crippen molar-refractivity contribution < 1.29 is 14.5 Å². The van der Waals surface area contributed by atoms with E-state index in [2.05, 4.69) is 21.0 Å². The van der Waals surface area contributed by atoms with Crippen molar-refractivity contribution in [2.75, 3.05) is 16.6 Å². The molecule has 3 aromatic rings. The lowest BCUT2D eigenvalue weighted by Gasteiger charge is -2.43. The number of para-hydroxylation sites is 3. The highest BCUT2D eigenvalue weighted by Gasteiger charge is 2.53. The molecule has 0 amide bonds. The van der Waals surface area contributed by atoms with Gasteiger partial charge in [-0.15, -0.1) is 0 Å². The van der Waals surface area contributed by atoms with Crippen molar-refractivity contribution in [1.82, 2.24) is 0 Å². The van der Waals surface area contributed by atoms with E-state index in [0.717, 1.165) is 21.8 Å². The van der Waals surface area contributed by atoms with Gasteiger partial charge in [0.25, 0.3) is 5.69 Å². The van der Waals surface area contributed by atoms with Crippen LogP contribution in [-0.4, -0.2) is 33.2 Å². The van der Waals surface area contributed by atoms with Crippen molar-refractivity contribution >= 4 is 61.5 Å². The van der Waals surface area contributed by atoms with E-state index >= 15 is 0 Å². The normalized spacial score (nSPS) is 18.5. The van der Waals surface area contributed by atoms with Gasteiger partial charge in [0, 0.05) is 16.1 Å². The summed E-state index contributed by atoms with van der Waals surface area (Å²) in [6.45, 7) is 1.88. The Morgan fingerprint density at radius 1 is 1.03 bits per heavy atom. The SMILES string of the molecule is CCOC(=O)C1=NN(c2ccccc2[N+](=O)[O-])[C@]2(C=CC(c3ccc(Br)cc3)=NN2c2ccccc2)S1. The van der Waals surface area contributed by atoms with Crippen LogP contribution in [-0.2, 0) is 9.53 Å². The summed E-state index contributed by atoms with van der Waals surface area (Å²) in [7, 11) is 0. The minimum Gasteiger partial charge on any atom is -0.461 e. The van der Waals surface area contributed by atoms with Crippen molar-refractivity contribution in [3.63, 3.8) is 0 Å². The van der Waals surface area contributed by atoms with Gasteiger partial charge in [0.05, 0.1) is 22.9 Å². The number of esters is 1. The maximum absolute atomic E-state index is 12.8. The van der Waals surface area contributed by atoms with Crippen LogP contribution in [0.4, 0.5) is 17.1 Å². The molecule has 0 unspecified atom stereocenters. The van der Waals surface area contributed by atoms with Gasteiger partial charge in [0.15, 0.2) is 0 Å². The average molecular weight is 578 g/mol. The number of anilines is 2. The second kappa shape index (κ2) is 10.2. The summed E-state index contributed by atoms with van der Waals surface area (Å²) in [6.07, 6.45) is 3.68. The zero-order chi connectivity index (χ0) is 26.0. The molecular weight excluding hydrogens is 558 g/mol. The van der Waals surface area contributed by atoms with Gasteiger partial charge in [-0.2, -0.15) is 10.2 Å². The van der Waals surface area contributed by atoms with Gasteiger partial charge in [-0.3, -0.25) is 10.1 Å². The third kappa shape index (κ3) is 4.63. The predicted octanol–water partition coefficient (Wildman–Crippen LogP) is 5.92. The van der Waals surface area contributed by atoms with Gasteiger partial charge in [-0.05, 0) is 61.2 Å². The molecule has 37 heavy (non-hydrogen) atoms. The van der Waals surface area contributed by atoms with Crippen molar-refractivity contribution in [2.45, 2.75) is 11.9 Å². The maximum Gasteiger partial charge on any atom is 0.365 e. The topological polar surface area (TPSA) is 101 Å². The summed E-state index contributed by atoms with van der Waals surface area (Å²) < 4.78 is 6.17. The first kappa shape index (κ1) is 24.7. The van der Waals surface area contributed by atoms with E-state index < -0.39 is 15.9 Å². The fraction of sp³-hybridized carbons (Fsp3) is 0.115. The van der Waals surface area contributed by atoms with Crippen molar-refractivity contribution in [3.8, 4) is 0 Å². The largest absolute Gasteiger partial charge is 0.461 e. The first-order valence-electron chi connectivity index (χ1n) is 11.3. The van der Waals surface area contributed by atoms with Gasteiger partial charge >= 0.3 is 5.97 Å². The summed E-state index contributed by atoms with van der Waals surface area (Å²) >= 11 is 4.57. The minimum atomic E-state index is -1.26. The third-order valence-corrected chi connectivity index (χ3v) is 7.36. The molecule has 2 aliphatic rings. The number of nitro benzene ring substituents is 1. The van der Waals surface area contributed by atoms with Gasteiger partial charge in [-0.1, -0.05) is 58.4 Å². The van der Waals surface area contributed by atoms with E-state index in [0.29, 0.717) is 11.4 Å². The molecule has 0 aromatic heterocycles. The van der Waals surface area contributed by atoms with E-state index in [1.807, 2.05) is 66.7 Å². The average Bonchev–Trinajstić information content (AvgIpc) is 3.30. The maximum atomic E-state index is 12.8. The van der Waals surface area contributed by atoms with Gasteiger partial charge in [0.2, 0.25) is 10.0 Å². The van der Waals surface area contributed by atoms with Crippen LogP contribution >= 0.6 is 27.7 Å². The number of rotatable bonds is 6. The summed E-state index contributed by atoms with van der Waals surface area (Å²) in [4.78, 5) is 23.0. The van der Waals surface area contributed by atoms with Crippen molar-refractivity contribution in [3.05, 3.63) is 111 Å². The third-order valence-electron chi connectivity index (χ3n) is 5.61. The van der Waals surface area contributed by atoms with Crippen molar-refractivity contribution in [2.24, 2.45) is 10.2 Å². The minimum absolute atomic E-state index is 0.0628. The zero-order valence-electron chi connectivity index (χ0n) is 19.5. The number of allylic oxidation sites excluding steroid dienone is 1. The summed E-state index contributed by atoms with van der Waals surface area (Å²) in [6, 6.07) is 23.4. The van der Waals surface area contributed by atoms with Crippen LogP contribution < -0.4 is 10.0 Å². The fourth-order valence-electron chi connectivity index (χ4n) is 3.96. The second-order valence-electron chi connectivity index (χ2n) is 7.92. The number of ether oxygens (including phenoxy) is 1. The Morgan fingerprint density at radius 3 is 2.43 bits per heavy atom. The number of carbonyl (C=O) groups excluding carboxylic acids is 1. The highest BCUT2D eigenvalue weighted by Crippen LogP contribution is 2.49. The first-order chi connectivity index (χ1) is 17.9. The van der Waals surface area contributed by atoms with E-state index in [1.54, 1.807) is 30.1 Å². The molecule has 0 aliphatic carbocycles. The molecule has 11 heteroatoms. The molecule has 2 heterocycles. The molecule has 0 N–H and O–H groups in total. The Morgan fingerprint density at radius 2 is 1.73 bits per heavy atom. The summed E-state index contributed by atoms with van der Waals surface area (Å²) in [5.74, 6) is -0.614. The van der Waals surface area contributed by atoms with Crippen LogP contribution in [0.2, 0.25) is 0 Å². The molecule has 0 radical (unpaired) electrons. The molecule has 3 aromatic carbocycles. The number of hydrogen-bond acceptors (Lipinski definition) is 9. The lowest BCUT2D eigenvalue weighted by Crippen LogP contribution is -2.54. The molecule has 1 atom stereocenters. The smallest absolute Gasteiger partial charge is 0.365 e. The number of benzene rings is 3. The lowest BCUT2D eigenvalue weighted by atomic mass is 10.1. The summed E-state index contributed by atoms with van der Waals surface area (Å²) in [5.41, 5.74) is 2.32. The number of nitrogens with zero attached hydrogens (tertiary/aromatic N) is 5. The highest BCUT2D eigenvalue weighted by atomic mass is 79.9. The molecule has 0 fully saturated rings. The monoisotopic (exact) mass is 577 g/mol. The Balaban J connectivity index is 1.70. The molecule has 0 bridgehead atoms. The number of nitro groups is 1. The molecule has 0 saturated carbocycles.